The summed E-state index contributed by atoms with van der Waals surface area (Å²) in [6.07, 6.45) is 3.58. The molecule has 8 nitrogen and oxygen atoms in total. The second kappa shape index (κ2) is 6.19. The molecule has 4 aromatic rings. The van der Waals surface area contributed by atoms with E-state index in [1.807, 2.05) is 35.2 Å². The fourth-order valence-electron chi connectivity index (χ4n) is 4.26. The zero-order chi connectivity index (χ0) is 20.4. The highest BCUT2D eigenvalue weighted by Gasteiger charge is 2.31. The third-order valence-corrected chi connectivity index (χ3v) is 5.90. The fraction of sp³-hybridized carbons (Fsp3) is 0.286. The molecule has 2 aliphatic rings. The van der Waals surface area contributed by atoms with Crippen molar-refractivity contribution in [1.29, 1.82) is 0 Å². The number of fused-ring (bicyclic) bond motifs is 3. The van der Waals surface area contributed by atoms with Gasteiger partial charge in [-0.05, 0) is 25.1 Å². The molecule has 0 saturated carbocycles. The van der Waals surface area contributed by atoms with Gasteiger partial charge in [0.1, 0.15) is 23.7 Å². The van der Waals surface area contributed by atoms with Crippen LogP contribution in [0.4, 0.5) is 10.2 Å². The predicted molar refractivity (Wildman–Crippen MR) is 107 cm³/mol. The third kappa shape index (κ3) is 2.41. The van der Waals surface area contributed by atoms with Gasteiger partial charge in [0, 0.05) is 30.9 Å². The predicted octanol–water partition coefficient (Wildman–Crippen LogP) is 3.06. The van der Waals surface area contributed by atoms with E-state index < -0.39 is 0 Å². The van der Waals surface area contributed by atoms with E-state index in [2.05, 4.69) is 20.5 Å². The summed E-state index contributed by atoms with van der Waals surface area (Å²) in [5.74, 6) is 2.67. The van der Waals surface area contributed by atoms with Crippen molar-refractivity contribution in [3.05, 3.63) is 53.5 Å². The highest BCUT2D eigenvalue weighted by Crippen LogP contribution is 2.41. The average Bonchev–Trinajstić information content (AvgIpc) is 3.45. The summed E-state index contributed by atoms with van der Waals surface area (Å²) in [5.41, 5.74) is 3.76. The molecule has 152 valence electrons. The van der Waals surface area contributed by atoms with Crippen molar-refractivity contribution in [2.24, 2.45) is 7.05 Å². The lowest BCUT2D eigenvalue weighted by atomic mass is 9.96. The van der Waals surface area contributed by atoms with Crippen LogP contribution in [-0.4, -0.2) is 37.4 Å². The van der Waals surface area contributed by atoms with Crippen LogP contribution in [0.2, 0.25) is 0 Å². The molecule has 1 atom stereocenters. The van der Waals surface area contributed by atoms with Crippen molar-refractivity contribution >= 4 is 11.5 Å². The molecule has 0 bridgehead atoms. The molecule has 3 aromatic heterocycles. The zero-order valence-electron chi connectivity index (χ0n) is 16.5. The van der Waals surface area contributed by atoms with Gasteiger partial charge < -0.3 is 19.4 Å². The molecule has 0 spiro atoms. The topological polar surface area (TPSA) is 78.5 Å². The zero-order valence-corrected chi connectivity index (χ0v) is 16.5. The van der Waals surface area contributed by atoms with Gasteiger partial charge in [0.2, 0.25) is 0 Å². The Labute approximate surface area is 171 Å². The Morgan fingerprint density at radius 1 is 1.20 bits per heavy atom. The van der Waals surface area contributed by atoms with E-state index in [4.69, 9.17) is 9.47 Å². The van der Waals surface area contributed by atoms with Crippen LogP contribution < -0.4 is 14.8 Å². The Bertz CT molecular complexity index is 1290. The lowest BCUT2D eigenvalue weighted by Gasteiger charge is -2.16. The minimum atomic E-state index is -0.249. The fourth-order valence-corrected chi connectivity index (χ4v) is 4.26. The number of pyridine rings is 1. The quantitative estimate of drug-likeness (QED) is 0.524. The number of rotatable bonds is 1. The Morgan fingerprint density at radius 3 is 2.83 bits per heavy atom. The molecule has 0 fully saturated rings. The molecule has 1 N–H and O–H groups in total. The Morgan fingerprint density at radius 2 is 2.03 bits per heavy atom. The van der Waals surface area contributed by atoms with Gasteiger partial charge in [-0.3, -0.25) is 4.40 Å². The van der Waals surface area contributed by atoms with Gasteiger partial charge in [0.15, 0.2) is 17.2 Å². The molecule has 6 rings (SSSR count). The Kier molecular flexibility index (Phi) is 3.56. The summed E-state index contributed by atoms with van der Waals surface area (Å²) in [6, 6.07) is 5.08. The number of hydrogen-bond acceptors (Lipinski definition) is 6. The summed E-state index contributed by atoms with van der Waals surface area (Å²) in [5, 5.41) is 11.7. The van der Waals surface area contributed by atoms with Crippen molar-refractivity contribution in [1.82, 2.24) is 24.1 Å². The van der Waals surface area contributed by atoms with Gasteiger partial charge in [-0.25, -0.2) is 9.37 Å². The second-order valence-electron chi connectivity index (χ2n) is 7.69. The second-order valence-corrected chi connectivity index (χ2v) is 7.69. The van der Waals surface area contributed by atoms with E-state index in [9.17, 15) is 4.39 Å². The summed E-state index contributed by atoms with van der Waals surface area (Å²) in [6.45, 7) is 3.11. The minimum absolute atomic E-state index is 0.0318. The van der Waals surface area contributed by atoms with E-state index in [1.165, 1.54) is 6.07 Å². The molecule has 0 amide bonds. The van der Waals surface area contributed by atoms with E-state index in [1.54, 1.807) is 12.4 Å². The monoisotopic (exact) mass is 406 g/mol. The van der Waals surface area contributed by atoms with Gasteiger partial charge in [-0.2, -0.15) is 0 Å². The first-order valence-electron chi connectivity index (χ1n) is 9.78. The number of nitrogens with one attached hydrogen (secondary N) is 1. The van der Waals surface area contributed by atoms with Crippen molar-refractivity contribution in [2.45, 2.75) is 19.4 Å². The number of halogens is 1. The normalized spacial score (nSPS) is 17.2. The molecule has 0 saturated heterocycles. The van der Waals surface area contributed by atoms with E-state index in [-0.39, 0.29) is 11.7 Å². The Hall–Kier alpha value is -3.62. The summed E-state index contributed by atoms with van der Waals surface area (Å²) >= 11 is 0. The molecule has 2 aliphatic heterocycles. The standard InChI is InChI=1S/C21H19FN6O2/c1-11-25-16(7-27(11)2)13-5-18-21(28-10-24-26-20(13)28)23-6-14-15(22)3-4-17-19(14)12(8-29-17)9-30-18/h3-5,7,10,12,23H,6,8-9H2,1-2H3/t12-/m1/s1. The first-order chi connectivity index (χ1) is 14.6. The van der Waals surface area contributed by atoms with Gasteiger partial charge in [0.25, 0.3) is 0 Å². The molecule has 0 unspecified atom stereocenters. The minimum Gasteiger partial charge on any atom is -0.493 e. The number of anilines is 1. The van der Waals surface area contributed by atoms with Crippen molar-refractivity contribution < 1.29 is 13.9 Å². The maximum atomic E-state index is 14.7. The number of nitrogens with zero attached hydrogens (tertiary/aromatic N) is 5. The molecular weight excluding hydrogens is 387 g/mol. The van der Waals surface area contributed by atoms with Crippen LogP contribution in [0, 0.1) is 12.7 Å². The molecule has 9 heteroatoms. The van der Waals surface area contributed by atoms with Gasteiger partial charge in [-0.15, -0.1) is 10.2 Å². The summed E-state index contributed by atoms with van der Waals surface area (Å²) in [7, 11) is 1.95. The Balaban J connectivity index is 1.52. The van der Waals surface area contributed by atoms with Crippen LogP contribution in [0.25, 0.3) is 16.9 Å². The van der Waals surface area contributed by atoms with E-state index in [0.29, 0.717) is 42.5 Å². The van der Waals surface area contributed by atoms with Crippen molar-refractivity contribution in [3.8, 4) is 22.8 Å². The van der Waals surface area contributed by atoms with Gasteiger partial charge in [-0.1, -0.05) is 0 Å². The van der Waals surface area contributed by atoms with Gasteiger partial charge in [0.05, 0.1) is 30.4 Å². The number of aromatic nitrogens is 5. The maximum absolute atomic E-state index is 14.7. The number of aryl methyl sites for hydroxylation is 2. The van der Waals surface area contributed by atoms with Crippen LogP contribution in [0.5, 0.6) is 11.5 Å². The van der Waals surface area contributed by atoms with Crippen LogP contribution in [0.3, 0.4) is 0 Å². The summed E-state index contributed by atoms with van der Waals surface area (Å²) < 4.78 is 30.5. The van der Waals surface area contributed by atoms with Crippen LogP contribution in [0.15, 0.2) is 30.7 Å². The average molecular weight is 406 g/mol. The lowest BCUT2D eigenvalue weighted by Crippen LogP contribution is -2.13. The number of hydrogen-bond donors (Lipinski definition) is 1. The molecular formula is C21H19FN6O2. The van der Waals surface area contributed by atoms with Crippen molar-refractivity contribution in [3.63, 3.8) is 0 Å². The SMILES string of the molecule is Cc1nc(-c2cc3c(n4cnnc24)NCc2c(F)ccc4c2[C@H](CO4)CO3)cn1C. The highest BCUT2D eigenvalue weighted by atomic mass is 19.1. The lowest BCUT2D eigenvalue weighted by molar-refractivity contribution is 0.249. The van der Waals surface area contributed by atoms with Gasteiger partial charge >= 0.3 is 0 Å². The largest absolute Gasteiger partial charge is 0.493 e. The number of benzene rings is 1. The number of imidazole rings is 1. The highest BCUT2D eigenvalue weighted by molar-refractivity contribution is 5.80. The van der Waals surface area contributed by atoms with E-state index in [0.717, 1.165) is 28.4 Å². The van der Waals surface area contributed by atoms with Crippen molar-refractivity contribution in [2.75, 3.05) is 18.5 Å². The third-order valence-electron chi connectivity index (χ3n) is 5.90. The smallest absolute Gasteiger partial charge is 0.171 e. The number of ether oxygens (including phenoxy) is 2. The molecule has 0 radical (unpaired) electrons. The maximum Gasteiger partial charge on any atom is 0.171 e. The molecule has 0 aliphatic carbocycles. The summed E-state index contributed by atoms with van der Waals surface area (Å²) in [4.78, 5) is 4.64. The first-order valence-corrected chi connectivity index (χ1v) is 9.78. The molecule has 5 heterocycles. The molecule has 1 aromatic carbocycles. The molecule has 30 heavy (non-hydrogen) atoms. The van der Waals surface area contributed by atoms with Crippen LogP contribution in [-0.2, 0) is 13.6 Å². The van der Waals surface area contributed by atoms with E-state index >= 15 is 0 Å². The van der Waals surface area contributed by atoms with Crippen LogP contribution in [0.1, 0.15) is 22.9 Å². The van der Waals surface area contributed by atoms with Crippen LogP contribution >= 0.6 is 0 Å². The first kappa shape index (κ1) is 17.3.